The minimum absolute atomic E-state index is 0.317. The average Bonchev–Trinajstić information content (AvgIpc) is 3.24. The molecule has 1 fully saturated rings. The zero-order valence-corrected chi connectivity index (χ0v) is 14.4. The number of fused-ring (bicyclic) bond motifs is 1. The molecule has 4 rings (SSSR count). The zero-order chi connectivity index (χ0) is 16.4. The first-order valence-electron chi connectivity index (χ1n) is 8.46. The molecule has 0 radical (unpaired) electrons. The van der Waals surface area contributed by atoms with Crippen molar-refractivity contribution in [1.82, 2.24) is 4.90 Å². The van der Waals surface area contributed by atoms with Crippen LogP contribution in [0.25, 0.3) is 20.5 Å². The van der Waals surface area contributed by atoms with Gasteiger partial charge in [-0.05, 0) is 85.4 Å². The van der Waals surface area contributed by atoms with Gasteiger partial charge in [0.15, 0.2) is 0 Å². The van der Waals surface area contributed by atoms with Crippen molar-refractivity contribution in [3.05, 3.63) is 48.5 Å². The molecule has 0 amide bonds. The Bertz CT molecular complexity index is 819. The number of nitrogens with zero attached hydrogens (tertiary/aromatic N) is 1. The summed E-state index contributed by atoms with van der Waals surface area (Å²) in [5.74, 6) is 1.24. The summed E-state index contributed by atoms with van der Waals surface area (Å²) in [5, 5.41) is 10.8. The lowest BCUT2D eigenvalue weighted by atomic mass is 10.1. The predicted octanol–water partition coefficient (Wildman–Crippen LogP) is 4.75. The first-order chi connectivity index (χ1) is 11.8. The van der Waals surface area contributed by atoms with Gasteiger partial charge in [-0.1, -0.05) is 0 Å². The molecule has 3 aromatic rings. The van der Waals surface area contributed by atoms with Crippen LogP contribution in [0.1, 0.15) is 12.8 Å². The second-order valence-electron chi connectivity index (χ2n) is 6.25. The molecule has 24 heavy (non-hydrogen) atoms. The van der Waals surface area contributed by atoms with Crippen LogP contribution in [0.2, 0.25) is 0 Å². The van der Waals surface area contributed by atoms with Crippen LogP contribution >= 0.6 is 11.3 Å². The van der Waals surface area contributed by atoms with Crippen molar-refractivity contribution in [2.24, 2.45) is 0 Å². The fourth-order valence-electron chi connectivity index (χ4n) is 3.18. The summed E-state index contributed by atoms with van der Waals surface area (Å²) in [6.45, 7) is 4.19. The first kappa shape index (κ1) is 15.5. The molecule has 0 atom stereocenters. The Morgan fingerprint density at radius 1 is 1.00 bits per heavy atom. The average molecular weight is 339 g/mol. The van der Waals surface area contributed by atoms with Crippen LogP contribution in [-0.4, -0.2) is 36.2 Å². The lowest BCUT2D eigenvalue weighted by Gasteiger charge is -2.14. The number of likely N-dealkylation sites (tertiary alicyclic amines) is 1. The Hall–Kier alpha value is -2.04. The molecule has 0 aliphatic carbocycles. The topological polar surface area (TPSA) is 32.7 Å². The van der Waals surface area contributed by atoms with Crippen molar-refractivity contribution in [3.8, 4) is 21.9 Å². The van der Waals surface area contributed by atoms with Crippen LogP contribution in [0.4, 0.5) is 0 Å². The number of thiophene rings is 1. The minimum atomic E-state index is 0.317. The van der Waals surface area contributed by atoms with Crippen molar-refractivity contribution >= 4 is 21.4 Å². The maximum Gasteiger partial charge on any atom is 0.119 e. The molecule has 0 spiro atoms. The van der Waals surface area contributed by atoms with Gasteiger partial charge >= 0.3 is 0 Å². The number of hydrogen-bond donors (Lipinski definition) is 1. The van der Waals surface area contributed by atoms with E-state index in [1.165, 1.54) is 41.8 Å². The van der Waals surface area contributed by atoms with Crippen LogP contribution in [-0.2, 0) is 0 Å². The van der Waals surface area contributed by atoms with Gasteiger partial charge < -0.3 is 9.84 Å². The molecule has 0 unspecified atom stereocenters. The normalized spacial score (nSPS) is 15.2. The monoisotopic (exact) mass is 339 g/mol. The van der Waals surface area contributed by atoms with Gasteiger partial charge in [0.1, 0.15) is 18.1 Å². The largest absolute Gasteiger partial charge is 0.508 e. The summed E-state index contributed by atoms with van der Waals surface area (Å²) in [6, 6.07) is 16.0. The quantitative estimate of drug-likeness (QED) is 0.728. The Kier molecular flexibility index (Phi) is 4.41. The van der Waals surface area contributed by atoms with Crippen molar-refractivity contribution < 1.29 is 9.84 Å². The molecule has 4 heteroatoms. The lowest BCUT2D eigenvalue weighted by Crippen LogP contribution is -2.25. The van der Waals surface area contributed by atoms with Gasteiger partial charge in [-0.3, -0.25) is 4.90 Å². The van der Waals surface area contributed by atoms with E-state index in [9.17, 15) is 5.11 Å². The smallest absolute Gasteiger partial charge is 0.119 e. The summed E-state index contributed by atoms with van der Waals surface area (Å²) in [5.41, 5.74) is 1.18. The summed E-state index contributed by atoms with van der Waals surface area (Å²) in [6.07, 6.45) is 2.64. The molecular formula is C20H21NO2S. The second-order valence-corrected chi connectivity index (χ2v) is 7.34. The van der Waals surface area contributed by atoms with E-state index in [-0.39, 0.29) is 0 Å². The van der Waals surface area contributed by atoms with Crippen LogP contribution in [0.3, 0.4) is 0 Å². The highest BCUT2D eigenvalue weighted by Gasteiger charge is 2.11. The van der Waals surface area contributed by atoms with Gasteiger partial charge in [-0.15, -0.1) is 11.3 Å². The molecule has 2 heterocycles. The second kappa shape index (κ2) is 6.83. The maximum atomic E-state index is 9.59. The summed E-state index contributed by atoms with van der Waals surface area (Å²) < 4.78 is 6.97. The highest BCUT2D eigenvalue weighted by Crippen LogP contribution is 2.35. The fraction of sp³-hybridized carbons (Fsp3) is 0.300. The van der Waals surface area contributed by atoms with Crippen molar-refractivity contribution in [1.29, 1.82) is 0 Å². The Labute approximate surface area is 146 Å². The SMILES string of the molecule is Oc1ccc2cc(-c3ccc(OCCN4CCCC4)cc3)sc2c1. The summed E-state index contributed by atoms with van der Waals surface area (Å²) >= 11 is 1.70. The van der Waals surface area contributed by atoms with Crippen LogP contribution in [0.5, 0.6) is 11.5 Å². The van der Waals surface area contributed by atoms with Gasteiger partial charge in [0.25, 0.3) is 0 Å². The van der Waals surface area contributed by atoms with E-state index < -0.39 is 0 Å². The van der Waals surface area contributed by atoms with E-state index >= 15 is 0 Å². The number of aromatic hydroxyl groups is 1. The van der Waals surface area contributed by atoms with E-state index in [2.05, 4.69) is 23.1 Å². The fourth-order valence-corrected chi connectivity index (χ4v) is 4.28. The van der Waals surface area contributed by atoms with Gasteiger partial charge in [0.05, 0.1) is 0 Å². The Morgan fingerprint density at radius 3 is 2.58 bits per heavy atom. The number of rotatable bonds is 5. The van der Waals surface area contributed by atoms with Crippen molar-refractivity contribution in [2.45, 2.75) is 12.8 Å². The van der Waals surface area contributed by atoms with E-state index in [1.807, 2.05) is 24.3 Å². The van der Waals surface area contributed by atoms with Gasteiger partial charge in [-0.2, -0.15) is 0 Å². The third-order valence-electron chi connectivity index (χ3n) is 4.52. The highest BCUT2D eigenvalue weighted by molar-refractivity contribution is 7.22. The minimum Gasteiger partial charge on any atom is -0.508 e. The number of hydrogen-bond acceptors (Lipinski definition) is 4. The zero-order valence-electron chi connectivity index (χ0n) is 13.6. The summed E-state index contributed by atoms with van der Waals surface area (Å²) in [7, 11) is 0. The molecule has 1 saturated heterocycles. The van der Waals surface area contributed by atoms with Crippen molar-refractivity contribution in [3.63, 3.8) is 0 Å². The highest BCUT2D eigenvalue weighted by atomic mass is 32.1. The number of phenolic OH excluding ortho intramolecular Hbond substituents is 1. The predicted molar refractivity (Wildman–Crippen MR) is 100 cm³/mol. The number of phenols is 1. The molecule has 2 aromatic carbocycles. The molecule has 3 nitrogen and oxygen atoms in total. The van der Waals surface area contributed by atoms with Gasteiger partial charge in [0.2, 0.25) is 0 Å². The Balaban J connectivity index is 1.42. The third-order valence-corrected chi connectivity index (χ3v) is 5.66. The molecule has 0 bridgehead atoms. The molecule has 0 saturated carbocycles. The number of benzene rings is 2. The Morgan fingerprint density at radius 2 is 1.79 bits per heavy atom. The lowest BCUT2D eigenvalue weighted by molar-refractivity contribution is 0.238. The molecule has 1 aliphatic heterocycles. The van der Waals surface area contributed by atoms with Gasteiger partial charge in [-0.25, -0.2) is 0 Å². The number of ether oxygens (including phenoxy) is 1. The van der Waals surface area contributed by atoms with E-state index in [0.29, 0.717) is 5.75 Å². The third kappa shape index (κ3) is 3.40. The van der Waals surface area contributed by atoms with E-state index in [0.717, 1.165) is 23.6 Å². The summed E-state index contributed by atoms with van der Waals surface area (Å²) in [4.78, 5) is 3.67. The molecular weight excluding hydrogens is 318 g/mol. The van der Waals surface area contributed by atoms with Crippen LogP contribution in [0, 0.1) is 0 Å². The molecule has 1 aromatic heterocycles. The standard InChI is InChI=1S/C20H21NO2S/c22-17-6-3-16-13-19(24-20(16)14-17)15-4-7-18(8-5-15)23-12-11-21-9-1-2-10-21/h3-8,13-14,22H,1-2,9-12H2. The van der Waals surface area contributed by atoms with Crippen LogP contribution < -0.4 is 4.74 Å². The molecule has 1 aliphatic rings. The molecule has 124 valence electrons. The first-order valence-corrected chi connectivity index (χ1v) is 9.28. The molecule has 1 N–H and O–H groups in total. The maximum absolute atomic E-state index is 9.59. The van der Waals surface area contributed by atoms with Crippen LogP contribution in [0.15, 0.2) is 48.5 Å². The van der Waals surface area contributed by atoms with E-state index in [4.69, 9.17) is 4.74 Å². The van der Waals surface area contributed by atoms with E-state index in [1.54, 1.807) is 17.4 Å². The van der Waals surface area contributed by atoms with Gasteiger partial charge in [0, 0.05) is 16.1 Å². The van der Waals surface area contributed by atoms with Crippen molar-refractivity contribution in [2.75, 3.05) is 26.2 Å².